The van der Waals surface area contributed by atoms with Crippen LogP contribution in [0.2, 0.25) is 0 Å². The molecular formula is C21H27N5O2. The molecule has 4 rings (SSSR count). The van der Waals surface area contributed by atoms with Crippen LogP contribution in [0.5, 0.6) is 0 Å². The quantitative estimate of drug-likeness (QED) is 0.829. The molecular weight excluding hydrogens is 354 g/mol. The largest absolute Gasteiger partial charge is 0.353 e. The van der Waals surface area contributed by atoms with Crippen molar-refractivity contribution < 1.29 is 9.59 Å². The molecule has 1 aromatic carbocycles. The molecule has 3 heterocycles. The molecule has 7 heteroatoms. The van der Waals surface area contributed by atoms with Crippen molar-refractivity contribution in [1.29, 1.82) is 0 Å². The summed E-state index contributed by atoms with van der Waals surface area (Å²) < 4.78 is 2.08. The van der Waals surface area contributed by atoms with Crippen LogP contribution in [0.15, 0.2) is 30.5 Å². The van der Waals surface area contributed by atoms with Crippen molar-refractivity contribution in [3.63, 3.8) is 0 Å². The van der Waals surface area contributed by atoms with E-state index < -0.39 is 6.04 Å². The molecule has 2 aliphatic heterocycles. The SMILES string of the molecule is Cc1ccc(CN2CCNC(=O)C2CC(=O)Nc2cnc3n2CCCC3)cc1. The average Bonchev–Trinajstić information content (AvgIpc) is 3.09. The van der Waals surface area contributed by atoms with E-state index in [1.807, 2.05) is 0 Å². The molecule has 0 saturated carbocycles. The highest BCUT2D eigenvalue weighted by molar-refractivity contribution is 5.95. The van der Waals surface area contributed by atoms with Crippen molar-refractivity contribution in [3.8, 4) is 0 Å². The van der Waals surface area contributed by atoms with Gasteiger partial charge in [-0.2, -0.15) is 0 Å². The van der Waals surface area contributed by atoms with Gasteiger partial charge in [0.2, 0.25) is 11.8 Å². The van der Waals surface area contributed by atoms with E-state index in [0.717, 1.165) is 49.6 Å². The first-order valence-corrected chi connectivity index (χ1v) is 10.0. The molecule has 28 heavy (non-hydrogen) atoms. The molecule has 2 amide bonds. The van der Waals surface area contributed by atoms with Crippen LogP contribution in [0.1, 0.15) is 36.2 Å². The van der Waals surface area contributed by atoms with Crippen LogP contribution in [-0.4, -0.2) is 45.4 Å². The third kappa shape index (κ3) is 4.09. The van der Waals surface area contributed by atoms with Gasteiger partial charge in [-0.1, -0.05) is 29.8 Å². The van der Waals surface area contributed by atoms with Crippen molar-refractivity contribution in [2.75, 3.05) is 18.4 Å². The van der Waals surface area contributed by atoms with Gasteiger partial charge in [0.15, 0.2) is 0 Å². The second-order valence-corrected chi connectivity index (χ2v) is 7.68. The lowest BCUT2D eigenvalue weighted by atomic mass is 10.1. The number of carbonyl (C=O) groups excluding carboxylic acids is 2. The number of benzene rings is 1. The monoisotopic (exact) mass is 381 g/mol. The maximum Gasteiger partial charge on any atom is 0.237 e. The summed E-state index contributed by atoms with van der Waals surface area (Å²) in [5, 5.41) is 5.86. The van der Waals surface area contributed by atoms with Gasteiger partial charge in [0.1, 0.15) is 11.6 Å². The lowest BCUT2D eigenvalue weighted by Crippen LogP contribution is -2.55. The van der Waals surface area contributed by atoms with E-state index in [2.05, 4.69) is 56.3 Å². The summed E-state index contributed by atoms with van der Waals surface area (Å²) in [7, 11) is 0. The van der Waals surface area contributed by atoms with Gasteiger partial charge >= 0.3 is 0 Å². The number of piperazine rings is 1. The number of rotatable bonds is 5. The van der Waals surface area contributed by atoms with Crippen LogP contribution in [0, 0.1) is 6.92 Å². The Kier molecular flexibility index (Phi) is 5.43. The van der Waals surface area contributed by atoms with Gasteiger partial charge in [-0.15, -0.1) is 0 Å². The Morgan fingerprint density at radius 1 is 1.25 bits per heavy atom. The van der Waals surface area contributed by atoms with E-state index in [1.54, 1.807) is 6.20 Å². The number of fused-ring (bicyclic) bond motifs is 1. The fraction of sp³-hybridized carbons (Fsp3) is 0.476. The topological polar surface area (TPSA) is 79.3 Å². The number of aromatic nitrogens is 2. The van der Waals surface area contributed by atoms with Crippen LogP contribution in [0.4, 0.5) is 5.82 Å². The molecule has 2 aromatic rings. The van der Waals surface area contributed by atoms with Gasteiger partial charge in [0.05, 0.1) is 18.7 Å². The first-order chi connectivity index (χ1) is 13.6. The number of hydrogen-bond donors (Lipinski definition) is 2. The van der Waals surface area contributed by atoms with E-state index in [4.69, 9.17) is 0 Å². The zero-order chi connectivity index (χ0) is 19.5. The fourth-order valence-corrected chi connectivity index (χ4v) is 3.99. The van der Waals surface area contributed by atoms with Crippen LogP contribution in [-0.2, 0) is 29.1 Å². The predicted octanol–water partition coefficient (Wildman–Crippen LogP) is 1.86. The predicted molar refractivity (Wildman–Crippen MR) is 107 cm³/mol. The van der Waals surface area contributed by atoms with Gasteiger partial charge in [-0.05, 0) is 25.3 Å². The molecule has 1 saturated heterocycles. The van der Waals surface area contributed by atoms with Crippen molar-refractivity contribution >= 4 is 17.6 Å². The summed E-state index contributed by atoms with van der Waals surface area (Å²) in [4.78, 5) is 31.7. The first kappa shape index (κ1) is 18.7. The number of anilines is 1. The summed E-state index contributed by atoms with van der Waals surface area (Å²) in [6.45, 7) is 4.95. The maximum atomic E-state index is 12.7. The Labute approximate surface area is 165 Å². The third-order valence-corrected chi connectivity index (χ3v) is 5.56. The zero-order valence-electron chi connectivity index (χ0n) is 16.3. The molecule has 1 unspecified atom stereocenters. The minimum Gasteiger partial charge on any atom is -0.353 e. The minimum atomic E-state index is -0.459. The first-order valence-electron chi connectivity index (χ1n) is 10.0. The molecule has 0 bridgehead atoms. The number of imidazole rings is 1. The number of hydrogen-bond acceptors (Lipinski definition) is 4. The molecule has 0 radical (unpaired) electrons. The van der Waals surface area contributed by atoms with E-state index in [1.165, 1.54) is 5.56 Å². The summed E-state index contributed by atoms with van der Waals surface area (Å²) in [6.07, 6.45) is 5.05. The van der Waals surface area contributed by atoms with Gasteiger partial charge in [-0.25, -0.2) is 4.98 Å². The van der Waals surface area contributed by atoms with Crippen LogP contribution in [0.3, 0.4) is 0 Å². The lowest BCUT2D eigenvalue weighted by Gasteiger charge is -2.34. The summed E-state index contributed by atoms with van der Waals surface area (Å²) in [6, 6.07) is 7.85. The minimum absolute atomic E-state index is 0.0798. The van der Waals surface area contributed by atoms with E-state index in [9.17, 15) is 9.59 Å². The van der Waals surface area contributed by atoms with E-state index in [-0.39, 0.29) is 18.2 Å². The molecule has 7 nitrogen and oxygen atoms in total. The number of carbonyl (C=O) groups is 2. The van der Waals surface area contributed by atoms with Gasteiger partial charge in [0.25, 0.3) is 0 Å². The lowest BCUT2D eigenvalue weighted by molar-refractivity contribution is -0.132. The highest BCUT2D eigenvalue weighted by Gasteiger charge is 2.32. The Balaban J connectivity index is 1.43. The average molecular weight is 381 g/mol. The summed E-state index contributed by atoms with van der Waals surface area (Å²) in [5.41, 5.74) is 2.36. The molecule has 1 aromatic heterocycles. The summed E-state index contributed by atoms with van der Waals surface area (Å²) >= 11 is 0. The van der Waals surface area contributed by atoms with Crippen molar-refractivity contribution in [3.05, 3.63) is 47.4 Å². The van der Waals surface area contributed by atoms with E-state index in [0.29, 0.717) is 13.1 Å². The molecule has 0 spiro atoms. The van der Waals surface area contributed by atoms with Crippen molar-refractivity contribution in [2.45, 2.75) is 51.7 Å². The fourth-order valence-electron chi connectivity index (χ4n) is 3.99. The smallest absolute Gasteiger partial charge is 0.237 e. The van der Waals surface area contributed by atoms with Gasteiger partial charge < -0.3 is 15.2 Å². The summed E-state index contributed by atoms with van der Waals surface area (Å²) in [5.74, 6) is 1.53. The van der Waals surface area contributed by atoms with Crippen LogP contribution >= 0.6 is 0 Å². The second kappa shape index (κ2) is 8.14. The Morgan fingerprint density at radius 2 is 2.07 bits per heavy atom. The van der Waals surface area contributed by atoms with Crippen LogP contribution in [0.25, 0.3) is 0 Å². The molecule has 2 N–H and O–H groups in total. The Hall–Kier alpha value is -2.67. The normalized spacial score (nSPS) is 19.8. The third-order valence-electron chi connectivity index (χ3n) is 5.56. The Bertz CT molecular complexity index is 858. The highest BCUT2D eigenvalue weighted by Crippen LogP contribution is 2.20. The standard InChI is InChI=1S/C21H27N5O2/c1-15-5-7-16(8-6-15)14-25-11-9-22-21(28)17(25)12-20(27)24-19-13-23-18-4-2-3-10-26(18)19/h5-8,13,17H,2-4,9-12,14H2,1H3,(H,22,28)(H,24,27). The van der Waals surface area contributed by atoms with Crippen LogP contribution < -0.4 is 10.6 Å². The maximum absolute atomic E-state index is 12.7. The number of nitrogens with one attached hydrogen (secondary N) is 2. The zero-order valence-corrected chi connectivity index (χ0v) is 16.3. The van der Waals surface area contributed by atoms with Gasteiger partial charge in [0, 0.05) is 32.6 Å². The molecule has 148 valence electrons. The van der Waals surface area contributed by atoms with Crippen molar-refractivity contribution in [2.24, 2.45) is 0 Å². The van der Waals surface area contributed by atoms with E-state index >= 15 is 0 Å². The molecule has 0 aliphatic carbocycles. The number of nitrogens with zero attached hydrogens (tertiary/aromatic N) is 3. The van der Waals surface area contributed by atoms with Gasteiger partial charge in [-0.3, -0.25) is 14.5 Å². The van der Waals surface area contributed by atoms with Crippen molar-refractivity contribution in [1.82, 2.24) is 19.8 Å². The number of aryl methyl sites for hydroxylation is 2. The molecule has 2 aliphatic rings. The molecule has 1 fully saturated rings. The molecule has 1 atom stereocenters. The second-order valence-electron chi connectivity index (χ2n) is 7.68. The Morgan fingerprint density at radius 3 is 2.89 bits per heavy atom. The highest BCUT2D eigenvalue weighted by atomic mass is 16.2. The number of amides is 2.